The summed E-state index contributed by atoms with van der Waals surface area (Å²) in [6.45, 7) is 0. The van der Waals surface area contributed by atoms with E-state index in [1.807, 2.05) is 0 Å². The van der Waals surface area contributed by atoms with Crippen molar-refractivity contribution in [3.8, 4) is 0 Å². The van der Waals surface area contributed by atoms with Crippen molar-refractivity contribution in [2.24, 2.45) is 0 Å². The number of hydrogen-bond acceptors (Lipinski definition) is 6. The Balaban J connectivity index is -0.0000000150. The Morgan fingerprint density at radius 2 is 0.727 bits per heavy atom. The minimum atomic E-state index is -1.75. The van der Waals surface area contributed by atoms with Gasteiger partial charge in [-0.1, -0.05) is 0 Å². The molecule has 0 saturated heterocycles. The van der Waals surface area contributed by atoms with E-state index < -0.39 is 46.5 Å². The van der Waals surface area contributed by atoms with E-state index in [4.69, 9.17) is 23.9 Å². The van der Waals surface area contributed by atoms with Crippen LogP contribution in [-0.4, -0.2) is 46.5 Å². The van der Waals surface area contributed by atoms with E-state index >= 15 is 0 Å². The predicted molar refractivity (Wildman–Crippen MR) is 19.3 cm³/mol. The molecule has 0 aliphatic carbocycles. The minimum Gasteiger partial charge on any atom is 2.00 e. The van der Waals surface area contributed by atoms with Crippen LogP contribution in [0.3, 0.4) is 0 Å². The summed E-state index contributed by atoms with van der Waals surface area (Å²) < 4.78 is 50.8. The third-order valence-electron chi connectivity index (χ3n) is 0. The van der Waals surface area contributed by atoms with Crippen LogP contribution >= 0.6 is 0 Å². The first-order chi connectivity index (χ1) is 4.24. The molecule has 0 aliphatic heterocycles. The van der Waals surface area contributed by atoms with Gasteiger partial charge in [0, 0.05) is 0 Å². The zero-order chi connectivity index (χ0) is 8.12. The first-order valence-electron chi connectivity index (χ1n) is 1.41. The van der Waals surface area contributed by atoms with Gasteiger partial charge in [-0.25, -0.2) is 0 Å². The Labute approximate surface area is 107 Å². The van der Waals surface area contributed by atoms with Crippen molar-refractivity contribution >= 4 is 46.5 Å². The van der Waals surface area contributed by atoms with Gasteiger partial charge in [-0.3, -0.25) is 0 Å². The minimum absolute atomic E-state index is 0. The molecule has 0 atom stereocenters. The van der Waals surface area contributed by atoms with Crippen molar-refractivity contribution in [2.75, 3.05) is 0 Å². The summed E-state index contributed by atoms with van der Waals surface area (Å²) in [5.74, 6) is 0. The molecule has 0 fully saturated rings. The Kier molecular flexibility index (Phi) is 164. The molecule has 0 rings (SSSR count). The van der Waals surface area contributed by atoms with E-state index in [-0.39, 0.29) is 38.3 Å². The van der Waals surface area contributed by atoms with Crippen molar-refractivity contribution in [2.45, 2.75) is 0 Å². The predicted octanol–water partition coefficient (Wildman–Crippen LogP) is -8.06. The Bertz CT molecular complexity index is 54.6. The van der Waals surface area contributed by atoms with Crippen LogP contribution < -0.4 is 31.3 Å². The SMILES string of the molecule is [Li+].[O]=[Al][O-].[O]=[Al][O-].[O]=[Al][O-].[Zn+2]. The van der Waals surface area contributed by atoms with Crippen LogP contribution in [-0.2, 0) is 30.9 Å². The van der Waals surface area contributed by atoms with Gasteiger partial charge < -0.3 is 0 Å². The maximum atomic E-state index is 8.46. The van der Waals surface area contributed by atoms with Crippen molar-refractivity contribution < 1.29 is 62.2 Å². The van der Waals surface area contributed by atoms with E-state index in [0.717, 1.165) is 0 Å². The van der Waals surface area contributed by atoms with Crippen molar-refractivity contribution in [3.63, 3.8) is 0 Å². The van der Waals surface area contributed by atoms with E-state index in [1.54, 1.807) is 0 Å². The molecule has 11 heteroatoms. The molecule has 0 radical (unpaired) electrons. The monoisotopic (exact) mass is 248 g/mol. The standard InChI is InChI=1S/3Al.Li.6O.Zn/q;;;+1;;;;3*-1;+2. The molecule has 0 amide bonds. The topological polar surface area (TPSA) is 120 Å². The molecule has 0 spiro atoms. The molecule has 0 aromatic rings. The first kappa shape index (κ1) is 29.3. The molecule has 0 saturated carbocycles. The van der Waals surface area contributed by atoms with Crippen LogP contribution in [0.25, 0.3) is 0 Å². The maximum absolute atomic E-state index is 8.46. The van der Waals surface area contributed by atoms with Gasteiger partial charge in [-0.15, -0.1) is 0 Å². The van der Waals surface area contributed by atoms with Gasteiger partial charge >= 0.3 is 109 Å². The van der Waals surface area contributed by atoms with Gasteiger partial charge in [0.25, 0.3) is 0 Å². The van der Waals surface area contributed by atoms with Crippen LogP contribution in [0.2, 0.25) is 0 Å². The van der Waals surface area contributed by atoms with E-state index in [1.165, 1.54) is 0 Å². The van der Waals surface area contributed by atoms with Gasteiger partial charge in [0.2, 0.25) is 0 Å². The molecule has 0 heterocycles. The fourth-order valence-electron chi connectivity index (χ4n) is 0. The summed E-state index contributed by atoms with van der Waals surface area (Å²) in [6.07, 6.45) is 0. The smallest absolute Gasteiger partial charge is 2.00 e. The van der Waals surface area contributed by atoms with Gasteiger partial charge in [0.15, 0.2) is 0 Å². The molecule has 48 valence electrons. The maximum Gasteiger partial charge on any atom is 2.00 e. The molecule has 0 bridgehead atoms. The summed E-state index contributed by atoms with van der Waals surface area (Å²) in [5.41, 5.74) is 0. The molecule has 11 heavy (non-hydrogen) atoms. The van der Waals surface area contributed by atoms with Gasteiger partial charge in [-0.2, -0.15) is 0 Å². The molecular formula is Al3LiO6Zn. The fourth-order valence-corrected chi connectivity index (χ4v) is 0. The average Bonchev–Trinajstić information content (AvgIpc) is 1.70. The summed E-state index contributed by atoms with van der Waals surface area (Å²) >= 11 is -5.25. The van der Waals surface area contributed by atoms with Crippen molar-refractivity contribution in [1.82, 2.24) is 0 Å². The summed E-state index contributed by atoms with van der Waals surface area (Å²) in [4.78, 5) is 0. The van der Waals surface area contributed by atoms with Gasteiger partial charge in [0.1, 0.15) is 0 Å². The normalized spacial score (nSPS) is 2.18. The van der Waals surface area contributed by atoms with Crippen LogP contribution in [0.15, 0.2) is 0 Å². The molecule has 0 aromatic carbocycles. The van der Waals surface area contributed by atoms with Crippen LogP contribution in [0.5, 0.6) is 0 Å². The zero-order valence-electron chi connectivity index (χ0n) is 5.89. The number of hydrogen-bond donors (Lipinski definition) is 0. The summed E-state index contributed by atoms with van der Waals surface area (Å²) in [7, 11) is 0. The Morgan fingerprint density at radius 1 is 0.727 bits per heavy atom. The molecule has 0 aliphatic rings. The van der Waals surface area contributed by atoms with Crippen molar-refractivity contribution in [3.05, 3.63) is 0 Å². The third kappa shape index (κ3) is 410. The zero-order valence-corrected chi connectivity index (χ0v) is 12.3. The van der Waals surface area contributed by atoms with Gasteiger partial charge in [-0.05, 0) is 0 Å². The Hall–Kier alpha value is 1.62. The van der Waals surface area contributed by atoms with Crippen molar-refractivity contribution in [1.29, 1.82) is 0 Å². The fraction of sp³-hybridized carbons (Fsp3) is 0. The second kappa shape index (κ2) is 61.4. The second-order valence-electron chi connectivity index (χ2n) is 0.289. The van der Waals surface area contributed by atoms with E-state index in [0.29, 0.717) is 0 Å². The Morgan fingerprint density at radius 3 is 0.727 bits per heavy atom. The molecule has 0 aromatic heterocycles. The van der Waals surface area contributed by atoms with Crippen LogP contribution in [0.1, 0.15) is 0 Å². The first-order valence-corrected chi connectivity index (χ1v) is 4.24. The average molecular weight is 249 g/mol. The van der Waals surface area contributed by atoms with E-state index in [2.05, 4.69) is 0 Å². The second-order valence-corrected chi connectivity index (χ2v) is 0.866. The molecule has 0 N–H and O–H groups in total. The van der Waals surface area contributed by atoms with Crippen LogP contribution in [0, 0.1) is 0 Å². The largest absolute Gasteiger partial charge is 2.00 e. The molecule has 6 nitrogen and oxygen atoms in total. The molecular weight excluding hydrogens is 249 g/mol. The molecule has 0 unspecified atom stereocenters. The van der Waals surface area contributed by atoms with Gasteiger partial charge in [0.05, 0.1) is 0 Å². The summed E-state index contributed by atoms with van der Waals surface area (Å²) in [6, 6.07) is 0. The summed E-state index contributed by atoms with van der Waals surface area (Å²) in [5, 5.41) is 0. The quantitative estimate of drug-likeness (QED) is 0.393. The van der Waals surface area contributed by atoms with E-state index in [9.17, 15) is 0 Å². The third-order valence-corrected chi connectivity index (χ3v) is 0. The number of rotatable bonds is 0. The van der Waals surface area contributed by atoms with Crippen LogP contribution in [0.4, 0.5) is 0 Å².